The maximum Gasteiger partial charge on any atom is 0.338 e. The molecule has 2 aliphatic rings. The second-order valence-electron chi connectivity index (χ2n) is 7.90. The topological polar surface area (TPSA) is 88.2 Å². The highest BCUT2D eigenvalue weighted by Crippen LogP contribution is 2.32. The first-order chi connectivity index (χ1) is 15.3. The summed E-state index contributed by atoms with van der Waals surface area (Å²) in [5.74, 6) is -1.52. The van der Waals surface area contributed by atoms with Crippen LogP contribution in [0.1, 0.15) is 38.3 Å². The smallest absolute Gasteiger partial charge is 0.338 e. The number of ether oxygens (including phenoxy) is 2. The van der Waals surface area contributed by atoms with Crippen LogP contribution in [0.3, 0.4) is 0 Å². The Bertz CT molecular complexity index is 903. The third-order valence-corrected chi connectivity index (χ3v) is 5.75. The van der Waals surface area contributed by atoms with E-state index in [0.29, 0.717) is 24.4 Å². The number of benzene rings is 1. The summed E-state index contributed by atoms with van der Waals surface area (Å²) in [4.78, 5) is 41.4. The van der Waals surface area contributed by atoms with Gasteiger partial charge in [-0.05, 0) is 50.9 Å². The molecule has 0 unspecified atom stereocenters. The monoisotopic (exact) mass is 447 g/mol. The maximum atomic E-state index is 13.9. The lowest BCUT2D eigenvalue weighted by Crippen LogP contribution is -2.50. The van der Waals surface area contributed by atoms with Crippen molar-refractivity contribution in [2.45, 2.75) is 32.7 Å². The zero-order chi connectivity index (χ0) is 23.3. The molecule has 9 heteroatoms. The molecule has 0 aromatic heterocycles. The summed E-state index contributed by atoms with van der Waals surface area (Å²) >= 11 is 0. The van der Waals surface area contributed by atoms with Gasteiger partial charge >= 0.3 is 18.0 Å². The van der Waals surface area contributed by atoms with E-state index >= 15 is 0 Å². The molecule has 0 saturated carbocycles. The van der Waals surface area contributed by atoms with Gasteiger partial charge in [-0.1, -0.05) is 12.1 Å². The zero-order valence-electron chi connectivity index (χ0n) is 18.7. The number of amides is 2. The summed E-state index contributed by atoms with van der Waals surface area (Å²) < 4.78 is 24.4. The van der Waals surface area contributed by atoms with Crippen molar-refractivity contribution in [2.24, 2.45) is 5.92 Å². The summed E-state index contributed by atoms with van der Waals surface area (Å²) in [6.45, 7) is 5.43. The van der Waals surface area contributed by atoms with Crippen molar-refractivity contribution in [3.8, 4) is 0 Å². The Balaban J connectivity index is 1.97. The average molecular weight is 448 g/mol. The number of esters is 2. The molecule has 1 fully saturated rings. The molecule has 2 amide bonds. The van der Waals surface area contributed by atoms with Crippen molar-refractivity contribution in [1.29, 1.82) is 0 Å². The van der Waals surface area contributed by atoms with E-state index < -0.39 is 23.9 Å². The summed E-state index contributed by atoms with van der Waals surface area (Å²) in [6.07, 6.45) is 1.54. The number of carbonyl (C=O) groups excluding carboxylic acids is 3. The fourth-order valence-corrected chi connectivity index (χ4v) is 4.20. The third kappa shape index (κ3) is 5.27. The molecule has 0 spiro atoms. The van der Waals surface area contributed by atoms with Gasteiger partial charge in [0.05, 0.1) is 30.7 Å². The van der Waals surface area contributed by atoms with Crippen LogP contribution in [0.2, 0.25) is 0 Å². The van der Waals surface area contributed by atoms with Gasteiger partial charge in [-0.15, -0.1) is 0 Å². The lowest BCUT2D eigenvalue weighted by atomic mass is 9.93. The highest BCUT2D eigenvalue weighted by atomic mass is 19.1. The van der Waals surface area contributed by atoms with Gasteiger partial charge in [-0.3, -0.25) is 14.6 Å². The van der Waals surface area contributed by atoms with Crippen LogP contribution in [0.25, 0.3) is 0 Å². The molecule has 0 bridgehead atoms. The number of urea groups is 1. The summed E-state index contributed by atoms with van der Waals surface area (Å²) in [6, 6.07) is 4.55. The zero-order valence-corrected chi connectivity index (χ0v) is 18.7. The minimum atomic E-state index is -0.839. The van der Waals surface area contributed by atoms with Gasteiger partial charge in [0.25, 0.3) is 0 Å². The number of nitrogens with zero attached hydrogens (tertiary/aromatic N) is 2. The van der Waals surface area contributed by atoms with Crippen LogP contribution in [-0.2, 0) is 19.1 Å². The number of halogens is 1. The minimum absolute atomic E-state index is 0.164. The first-order valence-electron chi connectivity index (χ1n) is 10.9. The second-order valence-corrected chi connectivity index (χ2v) is 7.90. The Hall–Kier alpha value is -2.94. The summed E-state index contributed by atoms with van der Waals surface area (Å²) in [7, 11) is 1.58. The molecular formula is C23H30FN3O5. The lowest BCUT2D eigenvalue weighted by molar-refractivity contribution is -0.150. The third-order valence-electron chi connectivity index (χ3n) is 5.75. The SMILES string of the molecule is CCOC(=O)C1=C(CN2CCC[C@H](C(=O)OCC)C2)N(C)C(=O)N[C@@H]1c1cccc(F)c1. The number of hydrogen-bond donors (Lipinski definition) is 1. The lowest BCUT2D eigenvalue weighted by Gasteiger charge is -2.38. The standard InChI is InChI=1S/C23H30FN3O5/c1-4-31-21(28)16-9-7-11-27(13-16)14-18-19(22(29)32-5-2)20(25-23(30)26(18)3)15-8-6-10-17(24)12-15/h6,8,10,12,16,20H,4-5,7,9,11,13-14H2,1-3H3,(H,25,30)/t16-,20+/m0/s1. The molecule has 0 radical (unpaired) electrons. The second kappa shape index (κ2) is 10.6. The number of nitrogens with one attached hydrogen (secondary N) is 1. The van der Waals surface area contributed by atoms with E-state index in [0.717, 1.165) is 19.4 Å². The molecule has 2 aliphatic heterocycles. The molecule has 1 aromatic carbocycles. The predicted octanol–water partition coefficient (Wildman–Crippen LogP) is 2.61. The average Bonchev–Trinajstić information content (AvgIpc) is 2.77. The summed E-state index contributed by atoms with van der Waals surface area (Å²) in [5.41, 5.74) is 1.19. The minimum Gasteiger partial charge on any atom is -0.466 e. The fraction of sp³-hybridized carbons (Fsp3) is 0.522. The van der Waals surface area contributed by atoms with E-state index in [9.17, 15) is 18.8 Å². The number of piperidine rings is 1. The Labute approximate surface area is 187 Å². The largest absolute Gasteiger partial charge is 0.466 e. The van der Waals surface area contributed by atoms with Gasteiger partial charge in [0.2, 0.25) is 0 Å². The fourth-order valence-electron chi connectivity index (χ4n) is 4.20. The van der Waals surface area contributed by atoms with E-state index in [4.69, 9.17) is 9.47 Å². The number of carbonyl (C=O) groups is 3. The first-order valence-corrected chi connectivity index (χ1v) is 10.9. The van der Waals surface area contributed by atoms with Crippen molar-refractivity contribution < 1.29 is 28.2 Å². The highest BCUT2D eigenvalue weighted by molar-refractivity contribution is 5.95. The molecule has 1 N–H and O–H groups in total. The van der Waals surface area contributed by atoms with E-state index in [1.165, 1.54) is 23.1 Å². The maximum absolute atomic E-state index is 13.9. The molecule has 1 aromatic rings. The normalized spacial score (nSPS) is 21.9. The van der Waals surface area contributed by atoms with E-state index in [1.54, 1.807) is 27.0 Å². The van der Waals surface area contributed by atoms with Gasteiger partial charge < -0.3 is 14.8 Å². The van der Waals surface area contributed by atoms with Crippen LogP contribution < -0.4 is 5.32 Å². The molecule has 2 atom stereocenters. The Morgan fingerprint density at radius 3 is 2.66 bits per heavy atom. The van der Waals surface area contributed by atoms with Gasteiger partial charge in [0.15, 0.2) is 0 Å². The van der Waals surface area contributed by atoms with Crippen LogP contribution in [0, 0.1) is 11.7 Å². The van der Waals surface area contributed by atoms with Gasteiger partial charge in [0.1, 0.15) is 5.82 Å². The number of hydrogen-bond acceptors (Lipinski definition) is 6. The molecule has 8 nitrogen and oxygen atoms in total. The van der Waals surface area contributed by atoms with Gasteiger partial charge in [0, 0.05) is 25.8 Å². The molecule has 32 heavy (non-hydrogen) atoms. The first kappa shape index (κ1) is 23.7. The van der Waals surface area contributed by atoms with Crippen molar-refractivity contribution >= 4 is 18.0 Å². The summed E-state index contributed by atoms with van der Waals surface area (Å²) in [5, 5.41) is 2.78. The van der Waals surface area contributed by atoms with E-state index in [-0.39, 0.29) is 30.6 Å². The Kier molecular flexibility index (Phi) is 7.84. The number of likely N-dealkylation sites (N-methyl/N-ethyl adjacent to an activating group) is 1. The Morgan fingerprint density at radius 2 is 1.97 bits per heavy atom. The van der Waals surface area contributed by atoms with E-state index in [1.807, 2.05) is 4.90 Å². The predicted molar refractivity (Wildman–Crippen MR) is 115 cm³/mol. The van der Waals surface area contributed by atoms with Crippen LogP contribution in [-0.4, -0.2) is 67.7 Å². The van der Waals surface area contributed by atoms with Crippen molar-refractivity contribution in [3.63, 3.8) is 0 Å². The van der Waals surface area contributed by atoms with Crippen LogP contribution >= 0.6 is 0 Å². The molecular weight excluding hydrogens is 417 g/mol. The highest BCUT2D eigenvalue weighted by Gasteiger charge is 2.38. The molecule has 0 aliphatic carbocycles. The van der Waals surface area contributed by atoms with E-state index in [2.05, 4.69) is 5.32 Å². The molecule has 2 heterocycles. The van der Waals surface area contributed by atoms with Gasteiger partial charge in [-0.25, -0.2) is 14.0 Å². The van der Waals surface area contributed by atoms with Crippen LogP contribution in [0.15, 0.2) is 35.5 Å². The van der Waals surface area contributed by atoms with Crippen molar-refractivity contribution in [1.82, 2.24) is 15.1 Å². The Morgan fingerprint density at radius 1 is 1.22 bits per heavy atom. The number of rotatable bonds is 7. The molecule has 3 rings (SSSR count). The van der Waals surface area contributed by atoms with Crippen molar-refractivity contribution in [3.05, 3.63) is 46.9 Å². The molecule has 174 valence electrons. The quantitative estimate of drug-likeness (QED) is 0.647. The molecule has 1 saturated heterocycles. The van der Waals surface area contributed by atoms with Crippen LogP contribution in [0.5, 0.6) is 0 Å². The van der Waals surface area contributed by atoms with Gasteiger partial charge in [-0.2, -0.15) is 0 Å². The number of likely N-dealkylation sites (tertiary alicyclic amines) is 1. The van der Waals surface area contributed by atoms with Crippen molar-refractivity contribution in [2.75, 3.05) is 39.9 Å². The van der Waals surface area contributed by atoms with Crippen LogP contribution in [0.4, 0.5) is 9.18 Å².